The first-order chi connectivity index (χ1) is 9.79. The molecule has 20 heavy (non-hydrogen) atoms. The van der Waals surface area contributed by atoms with Gasteiger partial charge in [-0.05, 0) is 69.2 Å². The van der Waals surface area contributed by atoms with Crippen LogP contribution in [0.1, 0.15) is 36.8 Å². The van der Waals surface area contributed by atoms with Gasteiger partial charge in [-0.1, -0.05) is 24.3 Å². The van der Waals surface area contributed by atoms with Crippen molar-refractivity contribution < 1.29 is 0 Å². The van der Waals surface area contributed by atoms with E-state index in [4.69, 9.17) is 0 Å². The van der Waals surface area contributed by atoms with E-state index in [1.165, 1.54) is 45.1 Å². The van der Waals surface area contributed by atoms with Gasteiger partial charge in [0, 0.05) is 18.1 Å². The Kier molecular flexibility index (Phi) is 3.31. The highest BCUT2D eigenvalue weighted by molar-refractivity contribution is 5.33. The lowest BCUT2D eigenvalue weighted by atomic mass is 9.91. The summed E-state index contributed by atoms with van der Waals surface area (Å²) in [6, 6.07) is 11.4. The normalized spacial score (nSPS) is 33.5. The summed E-state index contributed by atoms with van der Waals surface area (Å²) in [6.07, 6.45) is 8.17. The van der Waals surface area contributed by atoms with E-state index in [1.54, 1.807) is 11.1 Å². The number of fused-ring (bicyclic) bond motifs is 3. The zero-order chi connectivity index (χ0) is 13.5. The molecule has 1 N–H and O–H groups in total. The average Bonchev–Trinajstić information content (AvgIpc) is 2.94. The largest absolute Gasteiger partial charge is 0.313 e. The highest BCUT2D eigenvalue weighted by atomic mass is 15.2. The molecule has 1 aliphatic carbocycles. The fourth-order valence-electron chi connectivity index (χ4n) is 4.73. The summed E-state index contributed by atoms with van der Waals surface area (Å²) in [5.41, 5.74) is 3.13. The van der Waals surface area contributed by atoms with Crippen molar-refractivity contribution in [3.63, 3.8) is 0 Å². The molecular weight excluding hydrogens is 244 g/mol. The van der Waals surface area contributed by atoms with Crippen LogP contribution in [0.2, 0.25) is 0 Å². The monoisotopic (exact) mass is 270 g/mol. The Morgan fingerprint density at radius 1 is 1.05 bits per heavy atom. The summed E-state index contributed by atoms with van der Waals surface area (Å²) in [7, 11) is 2.33. The minimum Gasteiger partial charge on any atom is -0.313 e. The van der Waals surface area contributed by atoms with Crippen LogP contribution < -0.4 is 5.32 Å². The fourth-order valence-corrected chi connectivity index (χ4v) is 4.73. The highest BCUT2D eigenvalue weighted by Crippen LogP contribution is 2.37. The van der Waals surface area contributed by atoms with Crippen LogP contribution in [-0.4, -0.2) is 36.6 Å². The van der Waals surface area contributed by atoms with Crippen LogP contribution in [0.5, 0.6) is 0 Å². The Bertz CT molecular complexity index is 445. The van der Waals surface area contributed by atoms with Crippen LogP contribution in [0, 0.1) is 5.92 Å². The van der Waals surface area contributed by atoms with Gasteiger partial charge in [0.1, 0.15) is 0 Å². The van der Waals surface area contributed by atoms with Crippen molar-refractivity contribution >= 4 is 0 Å². The van der Waals surface area contributed by atoms with E-state index in [1.807, 2.05) is 0 Å². The van der Waals surface area contributed by atoms with E-state index in [0.29, 0.717) is 6.04 Å². The van der Waals surface area contributed by atoms with Crippen molar-refractivity contribution in [2.24, 2.45) is 5.92 Å². The summed E-state index contributed by atoms with van der Waals surface area (Å²) in [5, 5.41) is 3.86. The predicted molar refractivity (Wildman–Crippen MR) is 82.9 cm³/mol. The molecule has 2 fully saturated rings. The quantitative estimate of drug-likeness (QED) is 0.908. The number of nitrogens with one attached hydrogen (secondary N) is 1. The smallest absolute Gasteiger partial charge is 0.0148 e. The van der Waals surface area contributed by atoms with E-state index in [2.05, 4.69) is 41.5 Å². The Labute approximate surface area is 122 Å². The van der Waals surface area contributed by atoms with E-state index in [9.17, 15) is 0 Å². The van der Waals surface area contributed by atoms with E-state index in [0.717, 1.165) is 18.0 Å². The summed E-state index contributed by atoms with van der Waals surface area (Å²) >= 11 is 0. The van der Waals surface area contributed by atoms with Gasteiger partial charge in [0.05, 0.1) is 0 Å². The van der Waals surface area contributed by atoms with Crippen LogP contribution >= 0.6 is 0 Å². The lowest BCUT2D eigenvalue weighted by molar-refractivity contribution is 0.131. The molecule has 4 rings (SSSR count). The molecule has 0 amide bonds. The second-order valence-electron chi connectivity index (χ2n) is 7.17. The molecule has 2 bridgehead atoms. The second kappa shape index (κ2) is 5.16. The van der Waals surface area contributed by atoms with E-state index in [-0.39, 0.29) is 0 Å². The zero-order valence-electron chi connectivity index (χ0n) is 12.5. The number of rotatable bonds is 3. The molecule has 0 spiro atoms. The van der Waals surface area contributed by atoms with Gasteiger partial charge in [-0.25, -0.2) is 0 Å². The minimum atomic E-state index is 0.685. The molecule has 2 nitrogen and oxygen atoms in total. The standard InChI is InChI=1S/C18H26N2/c1-20-17-6-7-18(20)9-13(8-17)12-19-16-10-14-4-2-3-5-15(14)11-16/h2-5,13,16-19H,6-12H2,1H3. The van der Waals surface area contributed by atoms with Crippen molar-refractivity contribution in [1.82, 2.24) is 10.2 Å². The third-order valence-corrected chi connectivity index (χ3v) is 5.94. The van der Waals surface area contributed by atoms with Crippen molar-refractivity contribution in [3.8, 4) is 0 Å². The van der Waals surface area contributed by atoms with Crippen LogP contribution in [0.3, 0.4) is 0 Å². The van der Waals surface area contributed by atoms with Crippen LogP contribution in [-0.2, 0) is 12.8 Å². The van der Waals surface area contributed by atoms with Crippen LogP contribution in [0.4, 0.5) is 0 Å². The summed E-state index contributed by atoms with van der Waals surface area (Å²) in [5.74, 6) is 0.910. The predicted octanol–water partition coefficient (Wildman–Crippen LogP) is 2.62. The lowest BCUT2D eigenvalue weighted by Gasteiger charge is -2.36. The molecule has 2 heterocycles. The SMILES string of the molecule is CN1C2CCC1CC(CNC1Cc3ccccc3C1)C2. The molecule has 2 atom stereocenters. The van der Waals surface area contributed by atoms with E-state index < -0.39 is 0 Å². The van der Waals surface area contributed by atoms with E-state index >= 15 is 0 Å². The second-order valence-corrected chi connectivity index (χ2v) is 7.17. The average molecular weight is 270 g/mol. The van der Waals surface area contributed by atoms with Crippen LogP contribution in [0.15, 0.2) is 24.3 Å². The van der Waals surface area contributed by atoms with Gasteiger partial charge in [0.15, 0.2) is 0 Å². The first-order valence-corrected chi connectivity index (χ1v) is 8.31. The van der Waals surface area contributed by atoms with Gasteiger partial charge in [-0.2, -0.15) is 0 Å². The number of nitrogens with zero attached hydrogens (tertiary/aromatic N) is 1. The topological polar surface area (TPSA) is 15.3 Å². The van der Waals surface area contributed by atoms with Gasteiger partial charge < -0.3 is 10.2 Å². The molecule has 1 aromatic carbocycles. The summed E-state index contributed by atoms with van der Waals surface area (Å²) in [4.78, 5) is 2.64. The molecule has 108 valence electrons. The maximum absolute atomic E-state index is 3.86. The molecule has 2 heteroatoms. The minimum absolute atomic E-state index is 0.685. The summed E-state index contributed by atoms with van der Waals surface area (Å²) < 4.78 is 0. The third-order valence-electron chi connectivity index (χ3n) is 5.94. The molecule has 1 aromatic rings. The van der Waals surface area contributed by atoms with Crippen molar-refractivity contribution in [2.75, 3.05) is 13.6 Å². The number of hydrogen-bond donors (Lipinski definition) is 1. The Balaban J connectivity index is 1.30. The van der Waals surface area contributed by atoms with Gasteiger partial charge in [0.25, 0.3) is 0 Å². The maximum Gasteiger partial charge on any atom is 0.0148 e. The van der Waals surface area contributed by atoms with Crippen molar-refractivity contribution in [1.29, 1.82) is 0 Å². The first kappa shape index (κ1) is 12.8. The lowest BCUT2D eigenvalue weighted by Crippen LogP contribution is -2.44. The van der Waals surface area contributed by atoms with Gasteiger partial charge >= 0.3 is 0 Å². The van der Waals surface area contributed by atoms with Crippen LogP contribution in [0.25, 0.3) is 0 Å². The van der Waals surface area contributed by atoms with Crippen molar-refractivity contribution in [3.05, 3.63) is 35.4 Å². The molecule has 2 saturated heterocycles. The molecule has 0 saturated carbocycles. The molecule has 2 aliphatic heterocycles. The van der Waals surface area contributed by atoms with Gasteiger partial charge in [0.2, 0.25) is 0 Å². The fraction of sp³-hybridized carbons (Fsp3) is 0.667. The zero-order valence-corrected chi connectivity index (χ0v) is 12.5. The molecule has 0 aromatic heterocycles. The number of piperidine rings is 1. The molecule has 3 aliphatic rings. The Morgan fingerprint density at radius 2 is 1.65 bits per heavy atom. The molecule has 0 radical (unpaired) electrons. The highest BCUT2D eigenvalue weighted by Gasteiger charge is 2.38. The number of benzene rings is 1. The van der Waals surface area contributed by atoms with Gasteiger partial charge in [-0.15, -0.1) is 0 Å². The third kappa shape index (κ3) is 2.29. The molecular formula is C18H26N2. The Morgan fingerprint density at radius 3 is 2.25 bits per heavy atom. The Hall–Kier alpha value is -0.860. The van der Waals surface area contributed by atoms with Gasteiger partial charge in [-0.3, -0.25) is 0 Å². The maximum atomic E-state index is 3.86. The first-order valence-electron chi connectivity index (χ1n) is 8.31. The summed E-state index contributed by atoms with van der Waals surface area (Å²) in [6.45, 7) is 1.24. The number of hydrogen-bond acceptors (Lipinski definition) is 2. The molecule has 2 unspecified atom stereocenters. The van der Waals surface area contributed by atoms with Crippen molar-refractivity contribution in [2.45, 2.75) is 56.7 Å².